The molecule has 0 aliphatic heterocycles. The van der Waals surface area contributed by atoms with E-state index in [4.69, 9.17) is 23.2 Å². The maximum Gasteiger partial charge on any atom is 0.181 e. The number of Topliss-reactive ketones (excluding diaryl/α,β-unsaturated/α-hetero) is 1. The highest BCUT2D eigenvalue weighted by atomic mass is 35.5. The van der Waals surface area contributed by atoms with E-state index >= 15 is 0 Å². The van der Waals surface area contributed by atoms with E-state index in [1.165, 1.54) is 25.7 Å². The van der Waals surface area contributed by atoms with Crippen LogP contribution in [0, 0.1) is 11.3 Å². The van der Waals surface area contributed by atoms with Crippen molar-refractivity contribution in [1.82, 2.24) is 0 Å². The van der Waals surface area contributed by atoms with Gasteiger partial charge in [0, 0.05) is 11.8 Å². The summed E-state index contributed by atoms with van der Waals surface area (Å²) in [5.41, 5.74) is -0.0720. The van der Waals surface area contributed by atoms with Crippen molar-refractivity contribution in [2.45, 2.75) is 56.2 Å². The van der Waals surface area contributed by atoms with E-state index in [0.29, 0.717) is 6.42 Å². The molecule has 2 rings (SSSR count). The van der Waals surface area contributed by atoms with Gasteiger partial charge in [0.25, 0.3) is 0 Å². The molecule has 0 unspecified atom stereocenters. The standard InChI is InChI=1S/C12H18Cl2O/c1-2-3-9-4-6-11(7-5-9)8-10(15)12(11,13)14/h9H,2-8H2,1H3. The Labute approximate surface area is 102 Å². The van der Waals surface area contributed by atoms with E-state index in [9.17, 15) is 4.79 Å². The Balaban J connectivity index is 1.96. The zero-order chi connectivity index (χ0) is 11.1. The lowest BCUT2D eigenvalue weighted by Crippen LogP contribution is -2.59. The lowest BCUT2D eigenvalue weighted by molar-refractivity contribution is -0.137. The van der Waals surface area contributed by atoms with Gasteiger partial charge in [-0.3, -0.25) is 4.79 Å². The average Bonchev–Trinajstić information content (AvgIpc) is 2.21. The summed E-state index contributed by atoms with van der Waals surface area (Å²) in [5, 5.41) is 0. The minimum absolute atomic E-state index is 0.0276. The minimum Gasteiger partial charge on any atom is -0.296 e. The quantitative estimate of drug-likeness (QED) is 0.673. The average molecular weight is 249 g/mol. The van der Waals surface area contributed by atoms with Gasteiger partial charge in [-0.2, -0.15) is 0 Å². The number of ketones is 1. The molecule has 3 heteroatoms. The van der Waals surface area contributed by atoms with E-state index in [2.05, 4.69) is 6.92 Å². The highest BCUT2D eigenvalue weighted by Gasteiger charge is 2.64. The van der Waals surface area contributed by atoms with Crippen molar-refractivity contribution in [2.75, 3.05) is 0 Å². The first-order chi connectivity index (χ1) is 7.02. The van der Waals surface area contributed by atoms with Gasteiger partial charge in [0.15, 0.2) is 10.1 Å². The first kappa shape index (κ1) is 11.7. The number of rotatable bonds is 2. The van der Waals surface area contributed by atoms with Crippen molar-refractivity contribution in [3.63, 3.8) is 0 Å². The van der Waals surface area contributed by atoms with Gasteiger partial charge in [-0.1, -0.05) is 43.0 Å². The van der Waals surface area contributed by atoms with Crippen molar-refractivity contribution in [3.8, 4) is 0 Å². The van der Waals surface area contributed by atoms with Crippen LogP contribution < -0.4 is 0 Å². The van der Waals surface area contributed by atoms with Crippen LogP contribution in [0.25, 0.3) is 0 Å². The molecule has 2 fully saturated rings. The fourth-order valence-electron chi connectivity index (χ4n) is 3.14. The van der Waals surface area contributed by atoms with Crippen LogP contribution in [0.1, 0.15) is 51.9 Å². The predicted octanol–water partition coefficient (Wildman–Crippen LogP) is 4.11. The molecule has 0 saturated heterocycles. The monoisotopic (exact) mass is 248 g/mol. The highest BCUT2D eigenvalue weighted by Crippen LogP contribution is 2.62. The van der Waals surface area contributed by atoms with Crippen molar-refractivity contribution < 1.29 is 4.79 Å². The maximum absolute atomic E-state index is 11.4. The second kappa shape index (κ2) is 3.92. The van der Waals surface area contributed by atoms with Crippen molar-refractivity contribution >= 4 is 29.0 Å². The summed E-state index contributed by atoms with van der Waals surface area (Å²) in [4.78, 5) is 11.4. The van der Waals surface area contributed by atoms with Crippen LogP contribution in [-0.4, -0.2) is 10.1 Å². The lowest BCUT2D eigenvalue weighted by Gasteiger charge is -2.54. The Bertz CT molecular complexity index is 265. The Morgan fingerprint density at radius 2 is 1.93 bits per heavy atom. The van der Waals surface area contributed by atoms with E-state index in [0.717, 1.165) is 18.8 Å². The molecule has 2 aliphatic carbocycles. The van der Waals surface area contributed by atoms with Gasteiger partial charge >= 0.3 is 0 Å². The van der Waals surface area contributed by atoms with Gasteiger partial charge in [-0.15, -0.1) is 0 Å². The SMILES string of the molecule is CCCC1CCC2(CC1)CC(=O)C2(Cl)Cl. The molecule has 2 aliphatic rings. The van der Waals surface area contributed by atoms with E-state index < -0.39 is 4.33 Å². The molecule has 2 saturated carbocycles. The number of carbonyl (C=O) groups excluding carboxylic acids is 1. The zero-order valence-corrected chi connectivity index (χ0v) is 10.7. The molecule has 0 aromatic heterocycles. The number of alkyl halides is 2. The summed E-state index contributed by atoms with van der Waals surface area (Å²) in [5.74, 6) is 0.861. The molecule has 0 aromatic carbocycles. The van der Waals surface area contributed by atoms with Crippen LogP contribution in [-0.2, 0) is 4.79 Å². The summed E-state index contributed by atoms with van der Waals surface area (Å²) in [6, 6.07) is 0. The molecule has 0 N–H and O–H groups in total. The van der Waals surface area contributed by atoms with Gasteiger partial charge in [0.1, 0.15) is 0 Å². The van der Waals surface area contributed by atoms with Crippen LogP contribution in [0.3, 0.4) is 0 Å². The van der Waals surface area contributed by atoms with Crippen LogP contribution in [0.5, 0.6) is 0 Å². The summed E-state index contributed by atoms with van der Waals surface area (Å²) in [6.45, 7) is 2.23. The summed E-state index contributed by atoms with van der Waals surface area (Å²) >= 11 is 12.3. The molecule has 0 radical (unpaired) electrons. The largest absolute Gasteiger partial charge is 0.296 e. The predicted molar refractivity (Wildman–Crippen MR) is 63.4 cm³/mol. The Hall–Kier alpha value is 0.250. The molecule has 86 valence electrons. The van der Waals surface area contributed by atoms with Gasteiger partial charge in [0.2, 0.25) is 0 Å². The van der Waals surface area contributed by atoms with Gasteiger partial charge in [0.05, 0.1) is 0 Å². The van der Waals surface area contributed by atoms with Crippen LogP contribution >= 0.6 is 23.2 Å². The third-order valence-corrected chi connectivity index (χ3v) is 5.50. The summed E-state index contributed by atoms with van der Waals surface area (Å²) in [7, 11) is 0. The topological polar surface area (TPSA) is 17.1 Å². The van der Waals surface area contributed by atoms with Crippen LogP contribution in [0.4, 0.5) is 0 Å². The van der Waals surface area contributed by atoms with Gasteiger partial charge < -0.3 is 0 Å². The molecule has 15 heavy (non-hydrogen) atoms. The first-order valence-corrected chi connectivity index (χ1v) is 6.68. The number of hydrogen-bond acceptors (Lipinski definition) is 1. The molecule has 0 bridgehead atoms. The fourth-order valence-corrected chi connectivity index (χ4v) is 3.78. The van der Waals surface area contributed by atoms with Crippen molar-refractivity contribution in [1.29, 1.82) is 0 Å². The zero-order valence-electron chi connectivity index (χ0n) is 9.19. The molecule has 0 heterocycles. The molecule has 0 aromatic rings. The highest BCUT2D eigenvalue weighted by molar-refractivity contribution is 6.61. The third kappa shape index (κ3) is 1.72. The smallest absolute Gasteiger partial charge is 0.181 e. The van der Waals surface area contributed by atoms with Gasteiger partial charge in [-0.05, 0) is 31.6 Å². The third-order valence-electron chi connectivity index (χ3n) is 4.27. The summed E-state index contributed by atoms with van der Waals surface area (Å²) < 4.78 is -1.07. The molecule has 0 atom stereocenters. The first-order valence-electron chi connectivity index (χ1n) is 5.93. The Morgan fingerprint density at radius 3 is 2.33 bits per heavy atom. The normalized spacial score (nSPS) is 39.1. The second-order valence-corrected chi connectivity index (χ2v) is 6.51. The molecular weight excluding hydrogens is 231 g/mol. The minimum atomic E-state index is -1.07. The van der Waals surface area contributed by atoms with Crippen molar-refractivity contribution in [2.24, 2.45) is 11.3 Å². The van der Waals surface area contributed by atoms with Crippen LogP contribution in [0.2, 0.25) is 0 Å². The molecule has 1 spiro atoms. The van der Waals surface area contributed by atoms with Crippen LogP contribution in [0.15, 0.2) is 0 Å². The molecule has 1 nitrogen and oxygen atoms in total. The second-order valence-electron chi connectivity index (χ2n) is 5.19. The lowest BCUT2D eigenvalue weighted by atomic mass is 9.57. The number of halogens is 2. The summed E-state index contributed by atoms with van der Waals surface area (Å²) in [6.07, 6.45) is 7.64. The Morgan fingerprint density at radius 1 is 1.33 bits per heavy atom. The Kier molecular flexibility index (Phi) is 3.07. The molecule has 0 amide bonds. The maximum atomic E-state index is 11.4. The number of carbonyl (C=O) groups is 1. The van der Waals surface area contributed by atoms with Crippen molar-refractivity contribution in [3.05, 3.63) is 0 Å². The molecular formula is C12H18Cl2O. The number of hydrogen-bond donors (Lipinski definition) is 0. The van der Waals surface area contributed by atoms with Gasteiger partial charge in [-0.25, -0.2) is 0 Å². The van der Waals surface area contributed by atoms with E-state index in [1.54, 1.807) is 0 Å². The van der Waals surface area contributed by atoms with E-state index in [1.807, 2.05) is 0 Å². The fraction of sp³-hybridized carbons (Fsp3) is 0.917. The van der Waals surface area contributed by atoms with E-state index in [-0.39, 0.29) is 11.2 Å².